The molecule has 0 aromatic heterocycles. The molecule has 2 rings (SSSR count). The number of rotatable bonds is 1. The Morgan fingerprint density at radius 2 is 1.29 bits per heavy atom. The summed E-state index contributed by atoms with van der Waals surface area (Å²) in [7, 11) is 2.57. The summed E-state index contributed by atoms with van der Waals surface area (Å²) in [5, 5.41) is 0. The van der Waals surface area contributed by atoms with E-state index in [0.29, 0.717) is 5.56 Å². The Morgan fingerprint density at radius 3 is 1.76 bits per heavy atom. The van der Waals surface area contributed by atoms with Gasteiger partial charge < -0.3 is 4.90 Å². The lowest BCUT2D eigenvalue weighted by atomic mass is 10.1. The molecule has 0 heterocycles. The number of hydrogen-bond donors (Lipinski definition) is 0. The maximum Gasteiger partial charge on any atom is 0.186 e. The van der Waals surface area contributed by atoms with Crippen LogP contribution >= 0.6 is 0 Å². The van der Waals surface area contributed by atoms with E-state index in [-0.39, 0.29) is 0 Å². The van der Waals surface area contributed by atoms with Crippen molar-refractivity contribution in [1.29, 1.82) is 0 Å². The van der Waals surface area contributed by atoms with Gasteiger partial charge in [-0.25, -0.2) is 17.6 Å². The number of nitrogens with zero attached hydrogens (tertiary/aromatic N) is 1. The van der Waals surface area contributed by atoms with Gasteiger partial charge in [0.2, 0.25) is 0 Å². The van der Waals surface area contributed by atoms with Crippen LogP contribution in [-0.4, -0.2) is 14.1 Å². The normalized spacial score (nSPS) is 10.0. The highest BCUT2D eigenvalue weighted by atomic mass is 19.2. The van der Waals surface area contributed by atoms with Gasteiger partial charge in [-0.05, 0) is 12.1 Å². The van der Waals surface area contributed by atoms with E-state index in [0.717, 1.165) is 4.90 Å². The van der Waals surface area contributed by atoms with Crippen LogP contribution in [0.3, 0.4) is 0 Å². The van der Waals surface area contributed by atoms with E-state index in [4.69, 9.17) is 0 Å². The van der Waals surface area contributed by atoms with Crippen LogP contribution in [0.15, 0.2) is 30.3 Å². The summed E-state index contributed by atoms with van der Waals surface area (Å²) in [6.07, 6.45) is 0. The summed E-state index contributed by atoms with van der Waals surface area (Å²) < 4.78 is 55.3. The van der Waals surface area contributed by atoms with Gasteiger partial charge in [-0.3, -0.25) is 0 Å². The Balaban J connectivity index is 2.59. The van der Waals surface area contributed by atoms with E-state index in [1.54, 1.807) is 30.3 Å². The van der Waals surface area contributed by atoms with Crippen molar-refractivity contribution in [3.8, 4) is 11.8 Å². The van der Waals surface area contributed by atoms with Crippen molar-refractivity contribution >= 4 is 5.69 Å². The number of benzene rings is 2. The molecule has 0 amide bonds. The second-order valence-corrected chi connectivity index (χ2v) is 4.49. The molecule has 2 aromatic rings. The molecular weight excluding hydrogens is 282 g/mol. The third-order valence-electron chi connectivity index (χ3n) is 2.79. The zero-order valence-corrected chi connectivity index (χ0v) is 11.3. The molecule has 21 heavy (non-hydrogen) atoms. The predicted octanol–water partition coefficient (Wildman–Crippen LogP) is 3.71. The molecule has 0 bridgehead atoms. The quantitative estimate of drug-likeness (QED) is 0.440. The monoisotopic (exact) mass is 293 g/mol. The van der Waals surface area contributed by atoms with Crippen LogP contribution in [0.2, 0.25) is 0 Å². The van der Waals surface area contributed by atoms with Crippen LogP contribution in [-0.2, 0) is 0 Å². The molecule has 1 nitrogen and oxygen atoms in total. The van der Waals surface area contributed by atoms with Gasteiger partial charge in [0.05, 0.1) is 0 Å². The van der Waals surface area contributed by atoms with Crippen molar-refractivity contribution < 1.29 is 17.6 Å². The molecule has 0 unspecified atom stereocenters. The van der Waals surface area contributed by atoms with E-state index < -0.39 is 34.5 Å². The molecule has 2 aromatic carbocycles. The van der Waals surface area contributed by atoms with Crippen molar-refractivity contribution in [1.82, 2.24) is 0 Å². The smallest absolute Gasteiger partial charge is 0.186 e. The Morgan fingerprint density at radius 1 is 0.762 bits per heavy atom. The summed E-state index contributed by atoms with van der Waals surface area (Å²) in [6.45, 7) is 0. The fourth-order valence-corrected chi connectivity index (χ4v) is 1.78. The lowest BCUT2D eigenvalue weighted by molar-refractivity contribution is 0.451. The van der Waals surface area contributed by atoms with E-state index in [9.17, 15) is 17.6 Å². The highest BCUT2D eigenvalue weighted by Crippen LogP contribution is 2.29. The fourth-order valence-electron chi connectivity index (χ4n) is 1.78. The van der Waals surface area contributed by atoms with Gasteiger partial charge in [0.25, 0.3) is 0 Å². The molecule has 0 spiro atoms. The highest BCUT2D eigenvalue weighted by molar-refractivity contribution is 5.55. The van der Waals surface area contributed by atoms with Crippen molar-refractivity contribution in [2.24, 2.45) is 0 Å². The first-order chi connectivity index (χ1) is 9.93. The molecule has 0 aliphatic rings. The zero-order valence-electron chi connectivity index (χ0n) is 11.3. The molecule has 0 aliphatic heterocycles. The molecule has 0 radical (unpaired) electrons. The second-order valence-electron chi connectivity index (χ2n) is 4.49. The molecular formula is C16H11F4N. The molecule has 0 N–H and O–H groups in total. The SMILES string of the molecule is CN(C)c1c(F)c(F)c(C#Cc2ccccc2)c(F)c1F. The van der Waals surface area contributed by atoms with Crippen molar-refractivity contribution in [3.63, 3.8) is 0 Å². The minimum Gasteiger partial charge on any atom is -0.373 e. The summed E-state index contributed by atoms with van der Waals surface area (Å²) >= 11 is 0. The molecule has 108 valence electrons. The highest BCUT2D eigenvalue weighted by Gasteiger charge is 2.25. The predicted molar refractivity (Wildman–Crippen MR) is 73.0 cm³/mol. The van der Waals surface area contributed by atoms with Gasteiger partial charge in [0, 0.05) is 19.7 Å². The summed E-state index contributed by atoms with van der Waals surface area (Å²) in [5.41, 5.74) is -1.21. The molecule has 0 atom stereocenters. The number of hydrogen-bond acceptors (Lipinski definition) is 1. The number of anilines is 1. The molecule has 0 aliphatic carbocycles. The summed E-state index contributed by atoms with van der Waals surface area (Å²) in [5.74, 6) is -1.31. The Bertz CT molecular complexity index is 698. The summed E-state index contributed by atoms with van der Waals surface area (Å²) in [6, 6.07) is 8.35. The van der Waals surface area contributed by atoms with Crippen LogP contribution in [0.4, 0.5) is 23.2 Å². The average Bonchev–Trinajstić information content (AvgIpc) is 2.46. The van der Waals surface area contributed by atoms with Crippen LogP contribution in [0.25, 0.3) is 0 Å². The lowest BCUT2D eigenvalue weighted by Gasteiger charge is -2.16. The Kier molecular flexibility index (Phi) is 4.18. The third kappa shape index (κ3) is 2.84. The van der Waals surface area contributed by atoms with Gasteiger partial charge in [-0.15, -0.1) is 0 Å². The maximum absolute atomic E-state index is 13.9. The second kappa shape index (κ2) is 5.88. The third-order valence-corrected chi connectivity index (χ3v) is 2.79. The zero-order chi connectivity index (χ0) is 15.6. The summed E-state index contributed by atoms with van der Waals surface area (Å²) in [4.78, 5) is 0.964. The van der Waals surface area contributed by atoms with Crippen LogP contribution < -0.4 is 4.90 Å². The minimum atomic E-state index is -1.50. The molecule has 0 saturated carbocycles. The van der Waals surface area contributed by atoms with Gasteiger partial charge in [0.15, 0.2) is 23.3 Å². The minimum absolute atomic E-state index is 0.480. The van der Waals surface area contributed by atoms with E-state index in [2.05, 4.69) is 11.8 Å². The fraction of sp³-hybridized carbons (Fsp3) is 0.125. The first-order valence-electron chi connectivity index (χ1n) is 6.03. The topological polar surface area (TPSA) is 3.24 Å². The standard InChI is InChI=1S/C16H11F4N/c1-21(2)16-14(19)12(17)11(13(18)15(16)20)9-8-10-6-4-3-5-7-10/h3-7H,1-2H3. The number of halogens is 4. The van der Waals surface area contributed by atoms with Crippen LogP contribution in [0.5, 0.6) is 0 Å². The Labute approximate surface area is 119 Å². The van der Waals surface area contributed by atoms with Gasteiger partial charge in [-0.1, -0.05) is 30.0 Å². The van der Waals surface area contributed by atoms with E-state index >= 15 is 0 Å². The molecule has 0 saturated heterocycles. The first kappa shape index (κ1) is 14.9. The van der Waals surface area contributed by atoms with Gasteiger partial charge in [-0.2, -0.15) is 0 Å². The van der Waals surface area contributed by atoms with Crippen LogP contribution in [0, 0.1) is 35.1 Å². The largest absolute Gasteiger partial charge is 0.373 e. The average molecular weight is 293 g/mol. The van der Waals surface area contributed by atoms with Gasteiger partial charge in [0.1, 0.15) is 11.3 Å². The lowest BCUT2D eigenvalue weighted by Crippen LogP contribution is -2.16. The van der Waals surface area contributed by atoms with Gasteiger partial charge >= 0.3 is 0 Å². The maximum atomic E-state index is 13.9. The molecule has 0 fully saturated rings. The van der Waals surface area contributed by atoms with Crippen molar-refractivity contribution in [2.75, 3.05) is 19.0 Å². The van der Waals surface area contributed by atoms with E-state index in [1.165, 1.54) is 14.1 Å². The van der Waals surface area contributed by atoms with Crippen molar-refractivity contribution in [2.45, 2.75) is 0 Å². The van der Waals surface area contributed by atoms with Crippen molar-refractivity contribution in [3.05, 3.63) is 64.7 Å². The first-order valence-corrected chi connectivity index (χ1v) is 6.03. The van der Waals surface area contributed by atoms with Crippen LogP contribution in [0.1, 0.15) is 11.1 Å². The Hall–Kier alpha value is -2.48. The van der Waals surface area contributed by atoms with E-state index in [1.807, 2.05) is 0 Å². The molecule has 5 heteroatoms.